The normalized spacial score (nSPS) is 19.4. The van der Waals surface area contributed by atoms with E-state index in [9.17, 15) is 14.0 Å². The fourth-order valence-corrected chi connectivity index (χ4v) is 5.28. The van der Waals surface area contributed by atoms with Crippen molar-refractivity contribution < 1.29 is 18.7 Å². The zero-order chi connectivity index (χ0) is 28.3. The van der Waals surface area contributed by atoms with Gasteiger partial charge < -0.3 is 25.6 Å². The molecule has 0 radical (unpaired) electrons. The summed E-state index contributed by atoms with van der Waals surface area (Å²) in [4.78, 5) is 35.2. The molecule has 1 aromatic carbocycles. The second-order valence-corrected chi connectivity index (χ2v) is 11.7. The lowest BCUT2D eigenvalue weighted by Gasteiger charge is -2.30. The van der Waals surface area contributed by atoms with Gasteiger partial charge in [0.2, 0.25) is 5.78 Å². The zero-order valence-electron chi connectivity index (χ0n) is 23.4. The van der Waals surface area contributed by atoms with E-state index < -0.39 is 11.4 Å². The van der Waals surface area contributed by atoms with Crippen LogP contribution in [0, 0.1) is 11.7 Å². The number of urea groups is 1. The molecule has 2 fully saturated rings. The van der Waals surface area contributed by atoms with Crippen molar-refractivity contribution in [3.63, 3.8) is 0 Å². The molecular weight excluding hydrogens is 513 g/mol. The molecule has 10 nitrogen and oxygen atoms in total. The van der Waals surface area contributed by atoms with Gasteiger partial charge in [-0.2, -0.15) is 0 Å². The highest BCUT2D eigenvalue weighted by Crippen LogP contribution is 2.28. The molecule has 1 aliphatic carbocycles. The van der Waals surface area contributed by atoms with Crippen LogP contribution in [0.1, 0.15) is 59.3 Å². The number of imidazole rings is 1. The molecule has 3 N–H and O–H groups in total. The van der Waals surface area contributed by atoms with E-state index in [1.165, 1.54) is 6.07 Å². The average Bonchev–Trinajstić information content (AvgIpc) is 3.58. The summed E-state index contributed by atoms with van der Waals surface area (Å²) in [6.45, 7) is 7.85. The number of aromatic nitrogens is 3. The Bertz CT molecular complexity index is 1360. The van der Waals surface area contributed by atoms with Gasteiger partial charge in [-0.15, -0.1) is 0 Å². The number of amides is 3. The van der Waals surface area contributed by atoms with Crippen molar-refractivity contribution in [3.05, 3.63) is 42.6 Å². The maximum atomic E-state index is 14.8. The number of likely N-dealkylation sites (tertiary alicyclic amines) is 1. The minimum absolute atomic E-state index is 0.140. The molecule has 5 rings (SSSR count). The van der Waals surface area contributed by atoms with Crippen molar-refractivity contribution in [2.24, 2.45) is 5.92 Å². The molecule has 2 aliphatic rings. The number of fused-ring (bicyclic) bond motifs is 1. The number of hydrogen-bond acceptors (Lipinski definition) is 6. The Labute approximate surface area is 233 Å². The van der Waals surface area contributed by atoms with Crippen LogP contribution < -0.4 is 16.0 Å². The van der Waals surface area contributed by atoms with Crippen molar-refractivity contribution >= 4 is 29.3 Å². The Morgan fingerprint density at radius 1 is 1.07 bits per heavy atom. The minimum atomic E-state index is -0.501. The van der Waals surface area contributed by atoms with Crippen LogP contribution in [0.3, 0.4) is 0 Å². The lowest BCUT2D eigenvalue weighted by molar-refractivity contribution is 0.0488. The maximum absolute atomic E-state index is 14.8. The quantitative estimate of drug-likeness (QED) is 0.365. The number of ether oxygens (including phenoxy) is 1. The van der Waals surface area contributed by atoms with Crippen molar-refractivity contribution in [1.82, 2.24) is 24.6 Å². The van der Waals surface area contributed by atoms with E-state index >= 15 is 0 Å². The summed E-state index contributed by atoms with van der Waals surface area (Å²) >= 11 is 0. The molecule has 1 saturated heterocycles. The van der Waals surface area contributed by atoms with Gasteiger partial charge in [0.1, 0.15) is 11.4 Å². The van der Waals surface area contributed by atoms with E-state index in [0.717, 1.165) is 63.8 Å². The lowest BCUT2D eigenvalue weighted by atomic mass is 9.86. The second kappa shape index (κ2) is 11.7. The summed E-state index contributed by atoms with van der Waals surface area (Å²) in [5, 5.41) is 9.31. The first-order valence-corrected chi connectivity index (χ1v) is 14.1. The van der Waals surface area contributed by atoms with Gasteiger partial charge in [-0.1, -0.05) is 0 Å². The first-order valence-electron chi connectivity index (χ1n) is 14.1. The third-order valence-corrected chi connectivity index (χ3v) is 7.36. The lowest BCUT2D eigenvalue weighted by Crippen LogP contribution is -2.41. The van der Waals surface area contributed by atoms with E-state index in [0.29, 0.717) is 28.6 Å². The smallest absolute Gasteiger partial charge is 0.407 e. The number of rotatable bonds is 6. The fourth-order valence-electron chi connectivity index (χ4n) is 5.28. The number of carbonyl (C=O) groups excluding carboxylic acids is 2. The molecule has 0 unspecified atom stereocenters. The van der Waals surface area contributed by atoms with E-state index in [1.807, 2.05) is 27.0 Å². The molecule has 2 aromatic heterocycles. The number of nitrogens with one attached hydrogen (secondary N) is 3. The number of benzene rings is 1. The highest BCUT2D eigenvalue weighted by molar-refractivity contribution is 5.90. The van der Waals surface area contributed by atoms with Crippen LogP contribution in [0.25, 0.3) is 17.0 Å². The number of carbonyl (C=O) groups is 2. The van der Waals surface area contributed by atoms with Crippen molar-refractivity contribution in [1.29, 1.82) is 0 Å². The van der Waals surface area contributed by atoms with Crippen LogP contribution in [0.2, 0.25) is 0 Å². The highest BCUT2D eigenvalue weighted by atomic mass is 19.1. The van der Waals surface area contributed by atoms with Crippen LogP contribution in [0.5, 0.6) is 0 Å². The molecule has 3 amide bonds. The molecule has 3 heterocycles. The molecule has 0 bridgehead atoms. The summed E-state index contributed by atoms with van der Waals surface area (Å²) < 4.78 is 21.9. The molecule has 11 heteroatoms. The average molecular weight is 552 g/mol. The monoisotopic (exact) mass is 551 g/mol. The number of nitrogens with zero attached hydrogens (tertiary/aromatic N) is 4. The Hall–Kier alpha value is -3.89. The zero-order valence-corrected chi connectivity index (χ0v) is 23.4. The number of halogens is 1. The third kappa shape index (κ3) is 7.00. The third-order valence-electron chi connectivity index (χ3n) is 7.36. The first-order chi connectivity index (χ1) is 19.1. The summed E-state index contributed by atoms with van der Waals surface area (Å²) in [7, 11) is 0. The molecule has 0 spiro atoms. The van der Waals surface area contributed by atoms with Crippen LogP contribution >= 0.6 is 0 Å². The SMILES string of the molecule is CC(C)(C)OC(=O)N[C@H]1CC[C@@H](CNc2cnc3nc(-c4cc(NC(=O)N5CCCC5)ccc4F)cn3c2)CC1. The largest absolute Gasteiger partial charge is 0.444 e. The minimum Gasteiger partial charge on any atom is -0.444 e. The Morgan fingerprint density at radius 2 is 1.82 bits per heavy atom. The molecule has 1 saturated carbocycles. The van der Waals surface area contributed by atoms with Crippen LogP contribution in [0.4, 0.5) is 25.4 Å². The standard InChI is InChI=1S/C29H38FN7O3/c1-29(2,3)40-28(39)34-20-8-6-19(7-9-20)15-31-22-16-32-26-35-25(18-37(26)17-22)23-14-21(10-11-24(23)30)33-27(38)36-12-4-5-13-36/h10-11,14,16-20,31H,4-9,12-13,15H2,1-3H3,(H,33,38)(H,34,39)/t19-,20+. The second-order valence-electron chi connectivity index (χ2n) is 11.7. The van der Waals surface area contributed by atoms with Gasteiger partial charge in [0.15, 0.2) is 0 Å². The topological polar surface area (TPSA) is 113 Å². The van der Waals surface area contributed by atoms with E-state index in [4.69, 9.17) is 4.74 Å². The molecule has 3 aromatic rings. The fraction of sp³-hybridized carbons (Fsp3) is 0.517. The van der Waals surface area contributed by atoms with Gasteiger partial charge in [0.25, 0.3) is 0 Å². The predicted molar refractivity (Wildman–Crippen MR) is 152 cm³/mol. The molecule has 1 aliphatic heterocycles. The first kappa shape index (κ1) is 27.7. The molecule has 0 atom stereocenters. The highest BCUT2D eigenvalue weighted by Gasteiger charge is 2.25. The van der Waals surface area contributed by atoms with Gasteiger partial charge in [0, 0.05) is 49.3 Å². The summed E-state index contributed by atoms with van der Waals surface area (Å²) in [6.07, 6.45) is 10.8. The molecule has 214 valence electrons. The van der Waals surface area contributed by atoms with Crippen LogP contribution in [-0.2, 0) is 4.74 Å². The molecular formula is C29H38FN7O3. The van der Waals surface area contributed by atoms with Crippen LogP contribution in [0.15, 0.2) is 36.8 Å². The van der Waals surface area contributed by atoms with Gasteiger partial charge in [-0.25, -0.2) is 23.9 Å². The number of alkyl carbamates (subject to hydrolysis) is 1. The van der Waals surface area contributed by atoms with E-state index in [-0.39, 0.29) is 18.2 Å². The summed E-state index contributed by atoms with van der Waals surface area (Å²) in [6, 6.07) is 4.48. The Kier molecular flexibility index (Phi) is 8.09. The van der Waals surface area contributed by atoms with Crippen molar-refractivity contribution in [2.75, 3.05) is 30.3 Å². The van der Waals surface area contributed by atoms with E-state index in [1.54, 1.807) is 33.8 Å². The Morgan fingerprint density at radius 3 is 2.55 bits per heavy atom. The van der Waals surface area contributed by atoms with Crippen molar-refractivity contribution in [2.45, 2.75) is 70.9 Å². The Balaban J connectivity index is 1.17. The van der Waals surface area contributed by atoms with E-state index in [2.05, 4.69) is 25.9 Å². The van der Waals surface area contributed by atoms with Gasteiger partial charge >= 0.3 is 12.1 Å². The molecule has 40 heavy (non-hydrogen) atoms. The summed E-state index contributed by atoms with van der Waals surface area (Å²) in [5.41, 5.74) is 1.61. The van der Waals surface area contributed by atoms with Crippen LogP contribution in [-0.4, -0.2) is 62.7 Å². The van der Waals surface area contributed by atoms with Gasteiger partial charge in [0.05, 0.1) is 17.6 Å². The van der Waals surface area contributed by atoms with Gasteiger partial charge in [-0.05, 0) is 83.4 Å². The summed E-state index contributed by atoms with van der Waals surface area (Å²) in [5.74, 6) is 0.524. The predicted octanol–water partition coefficient (Wildman–Crippen LogP) is 5.66. The van der Waals surface area contributed by atoms with Gasteiger partial charge in [-0.3, -0.25) is 4.40 Å². The number of anilines is 2. The van der Waals surface area contributed by atoms with Crippen molar-refractivity contribution in [3.8, 4) is 11.3 Å². The maximum Gasteiger partial charge on any atom is 0.407 e. The number of hydrogen-bond donors (Lipinski definition) is 3.